The molecule has 8 heteroatoms. The van der Waals surface area contributed by atoms with Gasteiger partial charge in [-0.1, -0.05) is 0 Å². The lowest BCUT2D eigenvalue weighted by atomic mass is 10.3. The van der Waals surface area contributed by atoms with E-state index in [2.05, 4.69) is 4.18 Å². The summed E-state index contributed by atoms with van der Waals surface area (Å²) in [4.78, 5) is 23.7. The van der Waals surface area contributed by atoms with Crippen LogP contribution in [0.2, 0.25) is 0 Å². The maximum absolute atomic E-state index is 11.3. The lowest BCUT2D eigenvalue weighted by molar-refractivity contribution is -0.158. The van der Waals surface area contributed by atoms with Crippen molar-refractivity contribution in [3.63, 3.8) is 0 Å². The van der Waals surface area contributed by atoms with E-state index in [4.69, 9.17) is 4.74 Å². The Morgan fingerprint density at radius 3 is 2.35 bits per heavy atom. The number of amides is 2. The second-order valence-electron chi connectivity index (χ2n) is 3.67. The molecule has 0 aliphatic carbocycles. The summed E-state index contributed by atoms with van der Waals surface area (Å²) in [5.74, 6) is -0.712. The highest BCUT2D eigenvalue weighted by Gasteiger charge is 2.25. The second kappa shape index (κ2) is 6.08. The van der Waals surface area contributed by atoms with Crippen LogP contribution in [-0.4, -0.2) is 57.8 Å². The molecule has 0 aromatic carbocycles. The number of nitrogens with zero attached hydrogens (tertiary/aromatic N) is 1. The number of hydrogen-bond donors (Lipinski definition) is 0. The Hall–Kier alpha value is -0.990. The van der Waals surface area contributed by atoms with Crippen molar-refractivity contribution < 1.29 is 26.9 Å². The summed E-state index contributed by atoms with van der Waals surface area (Å²) in [5.41, 5.74) is 0. The van der Waals surface area contributed by atoms with Gasteiger partial charge in [-0.3, -0.25) is 18.7 Å². The molecule has 1 aliphatic rings. The van der Waals surface area contributed by atoms with E-state index in [1.54, 1.807) is 0 Å². The van der Waals surface area contributed by atoms with Crippen LogP contribution in [0.1, 0.15) is 12.8 Å². The number of hydrogen-bond acceptors (Lipinski definition) is 6. The summed E-state index contributed by atoms with van der Waals surface area (Å²) in [6, 6.07) is 0. The average molecular weight is 265 g/mol. The predicted molar refractivity (Wildman–Crippen MR) is 57.6 cm³/mol. The Bertz CT molecular complexity index is 374. The molecule has 0 aromatic heterocycles. The van der Waals surface area contributed by atoms with Crippen molar-refractivity contribution in [2.24, 2.45) is 0 Å². The van der Waals surface area contributed by atoms with Crippen molar-refractivity contribution in [3.05, 3.63) is 0 Å². The number of unbranched alkanes of at least 4 members (excludes halogenated alkanes) is 1. The lowest BCUT2D eigenvalue weighted by Gasteiger charge is -2.24. The zero-order valence-electron chi connectivity index (χ0n) is 9.55. The van der Waals surface area contributed by atoms with Crippen LogP contribution in [0.5, 0.6) is 0 Å². The molecule has 1 heterocycles. The quantitative estimate of drug-likeness (QED) is 0.352. The van der Waals surface area contributed by atoms with Crippen LogP contribution < -0.4 is 0 Å². The van der Waals surface area contributed by atoms with Crippen LogP contribution in [0.3, 0.4) is 0 Å². The Balaban J connectivity index is 2.21. The van der Waals surface area contributed by atoms with Gasteiger partial charge in [0.25, 0.3) is 21.9 Å². The fraction of sp³-hybridized carbons (Fsp3) is 0.778. The zero-order chi connectivity index (χ0) is 12.9. The largest absolute Gasteiger partial charge is 0.362 e. The number of imide groups is 1. The van der Waals surface area contributed by atoms with Crippen LogP contribution in [0.25, 0.3) is 0 Å². The van der Waals surface area contributed by atoms with E-state index in [1.807, 2.05) is 0 Å². The molecular weight excluding hydrogens is 250 g/mol. The molecule has 0 N–H and O–H groups in total. The second-order valence-corrected chi connectivity index (χ2v) is 5.31. The van der Waals surface area contributed by atoms with Gasteiger partial charge in [-0.2, -0.15) is 8.42 Å². The van der Waals surface area contributed by atoms with E-state index in [-0.39, 0.29) is 38.2 Å². The third kappa shape index (κ3) is 5.24. The van der Waals surface area contributed by atoms with E-state index >= 15 is 0 Å². The molecule has 0 bridgehead atoms. The van der Waals surface area contributed by atoms with Crippen molar-refractivity contribution in [1.29, 1.82) is 0 Å². The first-order valence-electron chi connectivity index (χ1n) is 5.15. The molecule has 1 fully saturated rings. The van der Waals surface area contributed by atoms with Gasteiger partial charge in [-0.25, -0.2) is 0 Å². The third-order valence-corrected chi connectivity index (χ3v) is 2.72. The van der Waals surface area contributed by atoms with E-state index < -0.39 is 10.1 Å². The fourth-order valence-corrected chi connectivity index (χ4v) is 1.77. The fourth-order valence-electron chi connectivity index (χ4n) is 1.35. The summed E-state index contributed by atoms with van der Waals surface area (Å²) in [7, 11) is -3.42. The maximum Gasteiger partial charge on any atom is 0.264 e. The number of rotatable bonds is 6. The lowest BCUT2D eigenvalue weighted by Crippen LogP contribution is -2.46. The Morgan fingerprint density at radius 1 is 1.24 bits per heavy atom. The summed E-state index contributed by atoms with van der Waals surface area (Å²) >= 11 is 0. The molecule has 0 unspecified atom stereocenters. The van der Waals surface area contributed by atoms with Gasteiger partial charge in [0, 0.05) is 6.54 Å². The third-order valence-electron chi connectivity index (χ3n) is 2.13. The molecule has 0 aromatic rings. The summed E-state index contributed by atoms with van der Waals surface area (Å²) < 4.78 is 30.6. The first-order chi connectivity index (χ1) is 7.90. The highest BCUT2D eigenvalue weighted by atomic mass is 32.2. The van der Waals surface area contributed by atoms with Crippen LogP contribution in [0.4, 0.5) is 0 Å². The van der Waals surface area contributed by atoms with Crippen molar-refractivity contribution in [3.8, 4) is 0 Å². The minimum absolute atomic E-state index is 0.0611. The van der Waals surface area contributed by atoms with Gasteiger partial charge in [0.1, 0.15) is 13.2 Å². The topological polar surface area (TPSA) is 90.0 Å². The zero-order valence-corrected chi connectivity index (χ0v) is 10.4. The molecule has 17 heavy (non-hydrogen) atoms. The molecule has 98 valence electrons. The molecule has 0 radical (unpaired) electrons. The SMILES string of the molecule is CS(=O)(=O)OCCCCN1C(=O)COCC1=O. The van der Waals surface area contributed by atoms with Crippen molar-refractivity contribution in [1.82, 2.24) is 4.90 Å². The molecule has 1 aliphatic heterocycles. The van der Waals surface area contributed by atoms with E-state index in [9.17, 15) is 18.0 Å². The predicted octanol–water partition coefficient (Wildman–Crippen LogP) is -0.872. The van der Waals surface area contributed by atoms with Crippen LogP contribution in [0, 0.1) is 0 Å². The number of morpholine rings is 1. The minimum Gasteiger partial charge on any atom is -0.362 e. The molecule has 2 amide bonds. The van der Waals surface area contributed by atoms with Crippen molar-refractivity contribution in [2.75, 3.05) is 32.6 Å². The minimum atomic E-state index is -3.42. The van der Waals surface area contributed by atoms with Gasteiger partial charge in [0.2, 0.25) is 0 Å². The van der Waals surface area contributed by atoms with Gasteiger partial charge in [0.05, 0.1) is 12.9 Å². The standard InChI is InChI=1S/C9H15NO6S/c1-17(13,14)16-5-3-2-4-10-8(11)6-15-7-9(10)12/h2-7H2,1H3. The van der Waals surface area contributed by atoms with E-state index in [0.29, 0.717) is 12.8 Å². The molecule has 1 rings (SSSR count). The maximum atomic E-state index is 11.3. The average Bonchev–Trinajstić information content (AvgIpc) is 2.20. The monoisotopic (exact) mass is 265 g/mol. The highest BCUT2D eigenvalue weighted by Crippen LogP contribution is 2.04. The number of carbonyl (C=O) groups excluding carboxylic acids is 2. The molecule has 0 spiro atoms. The number of carbonyl (C=O) groups is 2. The van der Waals surface area contributed by atoms with E-state index in [0.717, 1.165) is 11.2 Å². The highest BCUT2D eigenvalue weighted by molar-refractivity contribution is 7.85. The summed E-state index contributed by atoms with van der Waals surface area (Å²) in [5, 5.41) is 0. The van der Waals surface area contributed by atoms with Gasteiger partial charge in [0.15, 0.2) is 0 Å². The van der Waals surface area contributed by atoms with Gasteiger partial charge in [-0.15, -0.1) is 0 Å². The molecule has 7 nitrogen and oxygen atoms in total. The number of ether oxygens (including phenoxy) is 1. The first kappa shape index (κ1) is 14.1. The van der Waals surface area contributed by atoms with Crippen LogP contribution in [-0.2, 0) is 28.6 Å². The Kier molecular flexibility index (Phi) is 5.03. The smallest absolute Gasteiger partial charge is 0.264 e. The summed E-state index contributed by atoms with van der Waals surface area (Å²) in [6.07, 6.45) is 1.94. The van der Waals surface area contributed by atoms with Crippen molar-refractivity contribution in [2.45, 2.75) is 12.8 Å². The van der Waals surface area contributed by atoms with Gasteiger partial charge in [-0.05, 0) is 12.8 Å². The van der Waals surface area contributed by atoms with Gasteiger partial charge < -0.3 is 4.74 Å². The van der Waals surface area contributed by atoms with Crippen LogP contribution in [0.15, 0.2) is 0 Å². The Morgan fingerprint density at radius 2 is 1.82 bits per heavy atom. The van der Waals surface area contributed by atoms with Crippen LogP contribution >= 0.6 is 0 Å². The van der Waals surface area contributed by atoms with E-state index in [1.165, 1.54) is 0 Å². The van der Waals surface area contributed by atoms with Crippen molar-refractivity contribution >= 4 is 21.9 Å². The Labute approximate surface area is 99.8 Å². The molecule has 0 saturated carbocycles. The summed E-state index contributed by atoms with van der Waals surface area (Å²) in [6.45, 7) is 0.177. The normalized spacial score (nSPS) is 17.6. The first-order valence-corrected chi connectivity index (χ1v) is 6.97. The molecule has 1 saturated heterocycles. The molecule has 0 atom stereocenters. The molecular formula is C9H15NO6S. The van der Waals surface area contributed by atoms with Gasteiger partial charge >= 0.3 is 0 Å².